The SMILES string of the molecule is Cc1nc2sccn2c(=O)c1NC(=O)c1ccc(S(N)(=O)=O)cc1. The fourth-order valence-corrected chi connectivity index (χ4v) is 3.37. The van der Waals surface area contributed by atoms with Crippen molar-refractivity contribution in [3.63, 3.8) is 0 Å². The lowest BCUT2D eigenvalue weighted by molar-refractivity contribution is 0.102. The molecule has 0 saturated heterocycles. The summed E-state index contributed by atoms with van der Waals surface area (Å²) in [6.07, 6.45) is 1.57. The summed E-state index contributed by atoms with van der Waals surface area (Å²) < 4.78 is 23.8. The molecule has 3 rings (SSSR count). The predicted octanol–water partition coefficient (Wildman–Crippen LogP) is 0.964. The fraction of sp³-hybridized carbons (Fsp3) is 0.0714. The van der Waals surface area contributed by atoms with Gasteiger partial charge in [0.1, 0.15) is 5.69 Å². The van der Waals surface area contributed by atoms with Crippen molar-refractivity contribution in [2.24, 2.45) is 5.14 Å². The number of benzene rings is 1. The second kappa shape index (κ2) is 5.82. The first-order valence-electron chi connectivity index (χ1n) is 6.68. The van der Waals surface area contributed by atoms with Gasteiger partial charge >= 0.3 is 0 Å². The number of aromatic nitrogens is 2. The first-order valence-corrected chi connectivity index (χ1v) is 9.10. The first kappa shape index (κ1) is 16.3. The number of nitrogens with two attached hydrogens (primary N) is 1. The van der Waals surface area contributed by atoms with Crippen LogP contribution in [-0.4, -0.2) is 23.7 Å². The highest BCUT2D eigenvalue weighted by Crippen LogP contribution is 2.14. The zero-order valence-electron chi connectivity index (χ0n) is 12.4. The number of anilines is 1. The van der Waals surface area contributed by atoms with E-state index >= 15 is 0 Å². The Bertz CT molecular complexity index is 1100. The molecule has 0 saturated carbocycles. The van der Waals surface area contributed by atoms with Crippen LogP contribution in [0.5, 0.6) is 0 Å². The second-order valence-electron chi connectivity index (χ2n) is 4.96. The second-order valence-corrected chi connectivity index (χ2v) is 7.39. The van der Waals surface area contributed by atoms with E-state index in [-0.39, 0.29) is 21.7 Å². The van der Waals surface area contributed by atoms with Gasteiger partial charge in [0.15, 0.2) is 4.96 Å². The molecule has 10 heteroatoms. The molecule has 1 aromatic carbocycles. The molecule has 0 aliphatic rings. The maximum atomic E-state index is 12.4. The van der Waals surface area contributed by atoms with E-state index in [9.17, 15) is 18.0 Å². The quantitative estimate of drug-likeness (QED) is 0.716. The number of carbonyl (C=O) groups excluding carboxylic acids is 1. The third-order valence-corrected chi connectivity index (χ3v) is 5.02. The van der Waals surface area contributed by atoms with Gasteiger partial charge in [-0.15, -0.1) is 11.3 Å². The highest BCUT2D eigenvalue weighted by atomic mass is 32.2. The van der Waals surface area contributed by atoms with Crippen molar-refractivity contribution < 1.29 is 13.2 Å². The van der Waals surface area contributed by atoms with Crippen molar-refractivity contribution >= 4 is 37.9 Å². The normalized spacial score (nSPS) is 11.6. The van der Waals surface area contributed by atoms with Gasteiger partial charge in [-0.1, -0.05) is 0 Å². The lowest BCUT2D eigenvalue weighted by Gasteiger charge is -2.08. The number of aryl methyl sites for hydroxylation is 1. The number of amides is 1. The Balaban J connectivity index is 1.94. The number of nitrogens with zero attached hydrogens (tertiary/aromatic N) is 2. The van der Waals surface area contributed by atoms with Crippen LogP contribution in [0, 0.1) is 6.92 Å². The van der Waals surface area contributed by atoms with Gasteiger partial charge in [-0.3, -0.25) is 14.0 Å². The van der Waals surface area contributed by atoms with Gasteiger partial charge in [-0.05, 0) is 31.2 Å². The molecule has 0 atom stereocenters. The van der Waals surface area contributed by atoms with Crippen LogP contribution < -0.4 is 16.0 Å². The molecule has 0 bridgehead atoms. The largest absolute Gasteiger partial charge is 0.316 e. The van der Waals surface area contributed by atoms with E-state index in [0.717, 1.165) is 0 Å². The number of thiazole rings is 1. The number of sulfonamides is 1. The van der Waals surface area contributed by atoms with Crippen molar-refractivity contribution in [2.45, 2.75) is 11.8 Å². The van der Waals surface area contributed by atoms with Crippen LogP contribution in [0.3, 0.4) is 0 Å². The third-order valence-electron chi connectivity index (χ3n) is 3.33. The van der Waals surface area contributed by atoms with Crippen LogP contribution in [0.15, 0.2) is 45.5 Å². The molecule has 124 valence electrons. The minimum atomic E-state index is -3.83. The average molecular weight is 364 g/mol. The fourth-order valence-electron chi connectivity index (χ4n) is 2.11. The third kappa shape index (κ3) is 2.94. The Hall–Kier alpha value is -2.56. The highest BCUT2D eigenvalue weighted by molar-refractivity contribution is 7.89. The van der Waals surface area contributed by atoms with Crippen LogP contribution in [0.4, 0.5) is 5.69 Å². The van der Waals surface area contributed by atoms with E-state index in [4.69, 9.17) is 5.14 Å². The van der Waals surface area contributed by atoms with Crippen molar-refractivity contribution in [3.8, 4) is 0 Å². The standard InChI is InChI=1S/C14H12N4O4S2/c1-8-11(13(20)18-6-7-23-14(18)16-8)17-12(19)9-2-4-10(5-3-9)24(15,21)22/h2-7H,1H3,(H,17,19)(H2,15,21,22). The Labute approximate surface area is 140 Å². The molecule has 0 unspecified atom stereocenters. The number of carbonyl (C=O) groups is 1. The van der Waals surface area contributed by atoms with Crippen molar-refractivity contribution in [2.75, 3.05) is 5.32 Å². The van der Waals surface area contributed by atoms with Gasteiger partial charge in [0, 0.05) is 17.1 Å². The van der Waals surface area contributed by atoms with E-state index in [1.165, 1.54) is 40.0 Å². The number of nitrogens with one attached hydrogen (secondary N) is 1. The monoisotopic (exact) mass is 364 g/mol. The topological polar surface area (TPSA) is 124 Å². The van der Waals surface area contributed by atoms with Crippen LogP contribution >= 0.6 is 11.3 Å². The molecule has 0 radical (unpaired) electrons. The van der Waals surface area contributed by atoms with E-state index in [0.29, 0.717) is 10.7 Å². The molecule has 0 aliphatic heterocycles. The Morgan fingerprint density at radius 3 is 2.58 bits per heavy atom. The molecule has 2 heterocycles. The first-order chi connectivity index (χ1) is 11.3. The van der Waals surface area contributed by atoms with Gasteiger partial charge in [-0.25, -0.2) is 18.5 Å². The van der Waals surface area contributed by atoms with Gasteiger partial charge in [0.25, 0.3) is 11.5 Å². The summed E-state index contributed by atoms with van der Waals surface area (Å²) in [7, 11) is -3.83. The number of fused-ring (bicyclic) bond motifs is 1. The van der Waals surface area contributed by atoms with Gasteiger partial charge < -0.3 is 5.32 Å². The molecular formula is C14H12N4O4S2. The minimum Gasteiger partial charge on any atom is -0.316 e. The molecule has 2 aromatic heterocycles. The van der Waals surface area contributed by atoms with Crippen LogP contribution in [0.1, 0.15) is 16.1 Å². The zero-order chi connectivity index (χ0) is 17.5. The van der Waals surface area contributed by atoms with E-state index in [2.05, 4.69) is 10.3 Å². The summed E-state index contributed by atoms with van der Waals surface area (Å²) in [4.78, 5) is 29.4. The average Bonchev–Trinajstić information content (AvgIpc) is 2.99. The summed E-state index contributed by atoms with van der Waals surface area (Å²) in [6.45, 7) is 1.63. The maximum Gasteiger partial charge on any atom is 0.282 e. The number of rotatable bonds is 3. The lowest BCUT2D eigenvalue weighted by Crippen LogP contribution is -2.24. The Kier molecular flexibility index (Phi) is 3.95. The minimum absolute atomic E-state index is 0.0754. The summed E-state index contributed by atoms with van der Waals surface area (Å²) >= 11 is 1.31. The van der Waals surface area contributed by atoms with Crippen molar-refractivity contribution in [3.05, 3.63) is 57.5 Å². The molecular weight excluding hydrogens is 352 g/mol. The number of hydrogen-bond donors (Lipinski definition) is 2. The molecule has 8 nitrogen and oxygen atoms in total. The Morgan fingerprint density at radius 1 is 1.29 bits per heavy atom. The summed E-state index contributed by atoms with van der Waals surface area (Å²) in [5, 5.41) is 9.26. The molecule has 3 aromatic rings. The highest BCUT2D eigenvalue weighted by Gasteiger charge is 2.15. The lowest BCUT2D eigenvalue weighted by atomic mass is 10.2. The van der Waals surface area contributed by atoms with E-state index in [1.54, 1.807) is 18.5 Å². The summed E-state index contributed by atoms with van der Waals surface area (Å²) in [5.74, 6) is -0.548. The van der Waals surface area contributed by atoms with Gasteiger partial charge in [0.05, 0.1) is 10.6 Å². The Morgan fingerprint density at radius 2 is 1.96 bits per heavy atom. The van der Waals surface area contributed by atoms with Gasteiger partial charge in [0.2, 0.25) is 10.0 Å². The van der Waals surface area contributed by atoms with E-state index < -0.39 is 15.9 Å². The molecule has 0 spiro atoms. The molecule has 24 heavy (non-hydrogen) atoms. The van der Waals surface area contributed by atoms with Crippen molar-refractivity contribution in [1.29, 1.82) is 0 Å². The predicted molar refractivity (Wildman–Crippen MR) is 89.8 cm³/mol. The summed E-state index contributed by atoms with van der Waals surface area (Å²) in [6, 6.07) is 5.09. The zero-order valence-corrected chi connectivity index (χ0v) is 14.0. The van der Waals surface area contributed by atoms with Crippen LogP contribution in [0.25, 0.3) is 4.96 Å². The maximum absolute atomic E-state index is 12.4. The molecule has 0 fully saturated rings. The summed E-state index contributed by atoms with van der Waals surface area (Å²) in [5.41, 5.74) is 0.285. The smallest absolute Gasteiger partial charge is 0.282 e. The molecule has 3 N–H and O–H groups in total. The van der Waals surface area contributed by atoms with Crippen LogP contribution in [-0.2, 0) is 10.0 Å². The van der Waals surface area contributed by atoms with Gasteiger partial charge in [-0.2, -0.15) is 0 Å². The van der Waals surface area contributed by atoms with Crippen LogP contribution in [0.2, 0.25) is 0 Å². The number of primary sulfonamides is 1. The number of hydrogen-bond acceptors (Lipinski definition) is 6. The van der Waals surface area contributed by atoms with Crippen molar-refractivity contribution in [1.82, 2.24) is 9.38 Å². The molecule has 0 aliphatic carbocycles. The molecule has 1 amide bonds. The van der Waals surface area contributed by atoms with E-state index in [1.807, 2.05) is 0 Å².